The van der Waals surface area contributed by atoms with Gasteiger partial charge in [0.25, 0.3) is 5.91 Å². The maximum Gasteiger partial charge on any atom is 0.272 e. The lowest BCUT2D eigenvalue weighted by Crippen LogP contribution is -2.52. The number of benzene rings is 1. The van der Waals surface area contributed by atoms with Gasteiger partial charge in [0, 0.05) is 25.9 Å². The van der Waals surface area contributed by atoms with Crippen LogP contribution in [0.2, 0.25) is 0 Å². The van der Waals surface area contributed by atoms with Gasteiger partial charge < -0.3 is 14.7 Å². The van der Waals surface area contributed by atoms with Gasteiger partial charge in [-0.2, -0.15) is 5.10 Å². The Morgan fingerprint density at radius 2 is 1.90 bits per heavy atom. The van der Waals surface area contributed by atoms with Gasteiger partial charge in [0.05, 0.1) is 17.8 Å². The second-order valence-electron chi connectivity index (χ2n) is 8.03. The molecule has 1 amide bonds. The van der Waals surface area contributed by atoms with Crippen LogP contribution in [0.5, 0.6) is 0 Å². The molecule has 1 spiro atoms. The van der Waals surface area contributed by atoms with Gasteiger partial charge in [-0.15, -0.1) is 0 Å². The van der Waals surface area contributed by atoms with E-state index in [1.165, 1.54) is 6.33 Å². The summed E-state index contributed by atoms with van der Waals surface area (Å²) >= 11 is 0. The maximum absolute atomic E-state index is 13.1. The monoisotopic (exact) mass is 392 g/mol. The van der Waals surface area contributed by atoms with Crippen molar-refractivity contribution in [2.24, 2.45) is 0 Å². The Labute approximate surface area is 168 Å². The van der Waals surface area contributed by atoms with Crippen LogP contribution in [0.4, 0.5) is 0 Å². The number of nitrogens with zero attached hydrogens (tertiary/aromatic N) is 4. The molecule has 2 atom stereocenters. The molecule has 5 rings (SSSR count). The van der Waals surface area contributed by atoms with E-state index >= 15 is 0 Å². The van der Waals surface area contributed by atoms with Crippen molar-refractivity contribution in [3.8, 4) is 0 Å². The Balaban J connectivity index is 1.31. The van der Waals surface area contributed by atoms with Gasteiger partial charge in [-0.05, 0) is 30.5 Å². The zero-order valence-electron chi connectivity index (χ0n) is 16.1. The molecule has 3 aromatic rings. The first-order chi connectivity index (χ1) is 14.1. The number of carbonyl (C=O) groups is 1. The fourth-order valence-corrected chi connectivity index (χ4v) is 4.64. The number of amides is 1. The third-order valence-electron chi connectivity index (χ3n) is 6.14. The van der Waals surface area contributed by atoms with Crippen molar-refractivity contribution >= 4 is 11.6 Å². The lowest BCUT2D eigenvalue weighted by atomic mass is 9.81. The van der Waals surface area contributed by atoms with E-state index in [0.717, 1.165) is 5.56 Å². The Kier molecular flexibility index (Phi) is 4.56. The van der Waals surface area contributed by atoms with Gasteiger partial charge in [-0.1, -0.05) is 36.4 Å². The van der Waals surface area contributed by atoms with Crippen LogP contribution >= 0.6 is 0 Å². The number of fused-ring (bicyclic) bond motifs is 1. The molecule has 1 aromatic carbocycles. The molecule has 0 radical (unpaired) electrons. The second kappa shape index (κ2) is 7.24. The van der Waals surface area contributed by atoms with Gasteiger partial charge in [0.1, 0.15) is 12.0 Å². The minimum atomic E-state index is -0.389. The van der Waals surface area contributed by atoms with Crippen molar-refractivity contribution in [2.75, 3.05) is 13.1 Å². The highest BCUT2D eigenvalue weighted by molar-refractivity contribution is 5.93. The molecule has 0 aliphatic carbocycles. The van der Waals surface area contributed by atoms with E-state index in [1.807, 2.05) is 47.4 Å². The van der Waals surface area contributed by atoms with Gasteiger partial charge in [-0.25, -0.2) is 9.50 Å². The van der Waals surface area contributed by atoms with Gasteiger partial charge >= 0.3 is 0 Å². The van der Waals surface area contributed by atoms with Crippen molar-refractivity contribution in [3.05, 3.63) is 66.1 Å². The van der Waals surface area contributed by atoms with Crippen molar-refractivity contribution in [3.63, 3.8) is 0 Å². The summed E-state index contributed by atoms with van der Waals surface area (Å²) in [4.78, 5) is 19.1. The molecule has 7 heteroatoms. The highest BCUT2D eigenvalue weighted by Gasteiger charge is 2.44. The van der Waals surface area contributed by atoms with Crippen LogP contribution in [0, 0.1) is 0 Å². The summed E-state index contributed by atoms with van der Waals surface area (Å²) < 4.78 is 8.12. The molecule has 2 aliphatic rings. The molecule has 4 heterocycles. The number of ether oxygens (including phenoxy) is 1. The quantitative estimate of drug-likeness (QED) is 0.725. The molecule has 2 fully saturated rings. The minimum Gasteiger partial charge on any atom is -0.393 e. The number of hydrogen-bond donors (Lipinski definition) is 1. The van der Waals surface area contributed by atoms with Crippen molar-refractivity contribution in [1.82, 2.24) is 19.5 Å². The van der Waals surface area contributed by atoms with E-state index in [-0.39, 0.29) is 23.7 Å². The van der Waals surface area contributed by atoms with Crippen LogP contribution in [0.1, 0.15) is 47.8 Å². The number of aromatic nitrogens is 3. The Morgan fingerprint density at radius 1 is 1.10 bits per heavy atom. The molecule has 0 saturated carbocycles. The smallest absolute Gasteiger partial charge is 0.272 e. The van der Waals surface area contributed by atoms with E-state index in [9.17, 15) is 9.90 Å². The van der Waals surface area contributed by atoms with Crippen LogP contribution in [-0.4, -0.2) is 55.3 Å². The number of aliphatic hydroxyl groups is 1. The van der Waals surface area contributed by atoms with E-state index in [2.05, 4.69) is 10.1 Å². The molecule has 0 unspecified atom stereocenters. The normalized spacial score (nSPS) is 24.1. The lowest BCUT2D eigenvalue weighted by Gasteiger charge is -2.48. The van der Waals surface area contributed by atoms with E-state index < -0.39 is 0 Å². The first kappa shape index (κ1) is 18.3. The van der Waals surface area contributed by atoms with E-state index in [4.69, 9.17) is 4.74 Å². The van der Waals surface area contributed by atoms with Gasteiger partial charge in [-0.3, -0.25) is 4.79 Å². The predicted octanol–water partition coefficient (Wildman–Crippen LogP) is 2.62. The zero-order valence-corrected chi connectivity index (χ0v) is 16.1. The summed E-state index contributed by atoms with van der Waals surface area (Å²) in [5.41, 5.74) is 1.90. The standard InChI is InChI=1S/C22H24N4O3/c27-17-13-19(16-5-2-1-3-6-16)29-22(14-17)9-11-25(12-10-22)21(28)18-7-4-8-20-23-15-24-26(18)20/h1-8,15,17,19,27H,9-14H2/t17-,19-/m1/s1. The maximum atomic E-state index is 13.1. The average Bonchev–Trinajstić information content (AvgIpc) is 3.23. The minimum absolute atomic E-state index is 0.0492. The largest absolute Gasteiger partial charge is 0.393 e. The highest BCUT2D eigenvalue weighted by atomic mass is 16.5. The number of aliphatic hydroxyl groups excluding tert-OH is 1. The molecule has 29 heavy (non-hydrogen) atoms. The van der Waals surface area contributed by atoms with Crippen LogP contribution in [0.15, 0.2) is 54.9 Å². The topological polar surface area (TPSA) is 80.0 Å². The second-order valence-corrected chi connectivity index (χ2v) is 8.03. The first-order valence-corrected chi connectivity index (χ1v) is 10.1. The molecule has 2 aromatic heterocycles. The molecule has 1 N–H and O–H groups in total. The third-order valence-corrected chi connectivity index (χ3v) is 6.14. The summed E-state index contributed by atoms with van der Waals surface area (Å²) in [6.07, 6.45) is 3.63. The SMILES string of the molecule is O=C(c1cccc2ncnn12)N1CCC2(CC1)C[C@H](O)C[C@H](c1ccccc1)O2. The number of rotatable bonds is 2. The molecular weight excluding hydrogens is 368 g/mol. The molecule has 2 aliphatic heterocycles. The average molecular weight is 392 g/mol. The summed E-state index contributed by atoms with van der Waals surface area (Å²) in [7, 11) is 0. The van der Waals surface area contributed by atoms with Crippen molar-refractivity contribution < 1.29 is 14.6 Å². The van der Waals surface area contributed by atoms with Crippen molar-refractivity contribution in [1.29, 1.82) is 0 Å². The molecule has 7 nitrogen and oxygen atoms in total. The fourth-order valence-electron chi connectivity index (χ4n) is 4.64. The van der Waals surface area contributed by atoms with E-state index in [1.54, 1.807) is 10.6 Å². The van der Waals surface area contributed by atoms with Crippen molar-refractivity contribution in [2.45, 2.75) is 43.5 Å². The van der Waals surface area contributed by atoms with Crippen LogP contribution in [-0.2, 0) is 4.74 Å². The fraction of sp³-hybridized carbons (Fsp3) is 0.409. The van der Waals surface area contributed by atoms with E-state index in [0.29, 0.717) is 50.1 Å². The lowest BCUT2D eigenvalue weighted by molar-refractivity contribution is -0.181. The summed E-state index contributed by atoms with van der Waals surface area (Å²) in [6.45, 7) is 1.19. The van der Waals surface area contributed by atoms with Crippen LogP contribution in [0.25, 0.3) is 5.65 Å². The summed E-state index contributed by atoms with van der Waals surface area (Å²) in [5, 5.41) is 14.7. The molecule has 0 bridgehead atoms. The third kappa shape index (κ3) is 3.41. The van der Waals surface area contributed by atoms with Crippen LogP contribution < -0.4 is 0 Å². The van der Waals surface area contributed by atoms with Crippen LogP contribution in [0.3, 0.4) is 0 Å². The molecule has 2 saturated heterocycles. The first-order valence-electron chi connectivity index (χ1n) is 10.1. The predicted molar refractivity (Wildman–Crippen MR) is 106 cm³/mol. The Bertz CT molecular complexity index is 1010. The zero-order chi connectivity index (χ0) is 19.8. The number of carbonyl (C=O) groups excluding carboxylic acids is 1. The molecular formula is C22H24N4O3. The highest BCUT2D eigenvalue weighted by Crippen LogP contribution is 2.43. The Hall–Kier alpha value is -2.77. The van der Waals surface area contributed by atoms with Gasteiger partial charge in [0.2, 0.25) is 0 Å². The number of hydrogen-bond acceptors (Lipinski definition) is 5. The number of pyridine rings is 1. The Morgan fingerprint density at radius 3 is 2.69 bits per heavy atom. The number of likely N-dealkylation sites (tertiary alicyclic amines) is 1. The summed E-state index contributed by atoms with van der Waals surface area (Å²) in [5.74, 6) is -0.0492. The number of piperidine rings is 1. The van der Waals surface area contributed by atoms with Gasteiger partial charge in [0.15, 0.2) is 5.65 Å². The molecule has 150 valence electrons. The summed E-state index contributed by atoms with van der Waals surface area (Å²) in [6, 6.07) is 15.5.